The SMILES string of the molecule is CCC(O)CNC(C)(C)c1nccs1. The molecule has 1 rings (SSSR count). The van der Waals surface area contributed by atoms with E-state index >= 15 is 0 Å². The Bertz CT molecular complexity index is 259. The van der Waals surface area contributed by atoms with Gasteiger partial charge in [0.25, 0.3) is 0 Å². The largest absolute Gasteiger partial charge is 0.392 e. The van der Waals surface area contributed by atoms with E-state index in [0.717, 1.165) is 11.4 Å². The summed E-state index contributed by atoms with van der Waals surface area (Å²) in [6.45, 7) is 6.74. The third-order valence-electron chi connectivity index (χ3n) is 2.22. The van der Waals surface area contributed by atoms with Crippen molar-refractivity contribution in [1.29, 1.82) is 0 Å². The van der Waals surface area contributed by atoms with E-state index in [-0.39, 0.29) is 11.6 Å². The smallest absolute Gasteiger partial charge is 0.112 e. The second kappa shape index (κ2) is 4.87. The van der Waals surface area contributed by atoms with Crippen LogP contribution in [0.4, 0.5) is 0 Å². The van der Waals surface area contributed by atoms with E-state index in [1.54, 1.807) is 17.5 Å². The number of rotatable bonds is 5. The third-order valence-corrected chi connectivity index (χ3v) is 3.31. The van der Waals surface area contributed by atoms with Gasteiger partial charge >= 0.3 is 0 Å². The molecule has 3 nitrogen and oxygen atoms in total. The van der Waals surface area contributed by atoms with Crippen LogP contribution >= 0.6 is 11.3 Å². The average Bonchev–Trinajstić information content (AvgIpc) is 2.67. The topological polar surface area (TPSA) is 45.1 Å². The number of aliphatic hydroxyl groups is 1. The Labute approximate surface area is 89.2 Å². The number of nitrogens with one attached hydrogen (secondary N) is 1. The lowest BCUT2D eigenvalue weighted by Crippen LogP contribution is -2.40. The monoisotopic (exact) mass is 214 g/mol. The van der Waals surface area contributed by atoms with Gasteiger partial charge in [-0.2, -0.15) is 0 Å². The normalized spacial score (nSPS) is 14.3. The maximum atomic E-state index is 9.44. The molecular weight excluding hydrogens is 196 g/mol. The van der Waals surface area contributed by atoms with Gasteiger partial charge in [-0.1, -0.05) is 6.92 Å². The Morgan fingerprint density at radius 1 is 1.64 bits per heavy atom. The van der Waals surface area contributed by atoms with Crippen LogP contribution in [0, 0.1) is 0 Å². The summed E-state index contributed by atoms with van der Waals surface area (Å²) < 4.78 is 0. The van der Waals surface area contributed by atoms with E-state index in [0.29, 0.717) is 6.54 Å². The lowest BCUT2D eigenvalue weighted by atomic mass is 10.1. The molecule has 0 amide bonds. The first-order chi connectivity index (χ1) is 6.56. The van der Waals surface area contributed by atoms with E-state index in [1.165, 1.54) is 0 Å². The van der Waals surface area contributed by atoms with E-state index in [4.69, 9.17) is 0 Å². The first kappa shape index (κ1) is 11.6. The average molecular weight is 214 g/mol. The predicted molar refractivity (Wildman–Crippen MR) is 59.4 cm³/mol. The number of nitrogens with zero attached hydrogens (tertiary/aromatic N) is 1. The highest BCUT2D eigenvalue weighted by atomic mass is 32.1. The second-order valence-electron chi connectivity index (χ2n) is 3.91. The zero-order valence-electron chi connectivity index (χ0n) is 8.95. The summed E-state index contributed by atoms with van der Waals surface area (Å²) in [5.41, 5.74) is -0.148. The quantitative estimate of drug-likeness (QED) is 0.784. The fraction of sp³-hybridized carbons (Fsp3) is 0.700. The van der Waals surface area contributed by atoms with Crippen molar-refractivity contribution in [2.45, 2.75) is 38.8 Å². The van der Waals surface area contributed by atoms with Crippen LogP contribution in [0.25, 0.3) is 0 Å². The van der Waals surface area contributed by atoms with Crippen molar-refractivity contribution in [3.8, 4) is 0 Å². The number of hydrogen-bond donors (Lipinski definition) is 2. The van der Waals surface area contributed by atoms with Crippen molar-refractivity contribution in [2.75, 3.05) is 6.54 Å². The maximum absolute atomic E-state index is 9.44. The van der Waals surface area contributed by atoms with Gasteiger partial charge in [0, 0.05) is 18.1 Å². The van der Waals surface area contributed by atoms with Crippen LogP contribution in [0.15, 0.2) is 11.6 Å². The van der Waals surface area contributed by atoms with E-state index < -0.39 is 0 Å². The van der Waals surface area contributed by atoms with Crippen LogP contribution in [-0.2, 0) is 5.54 Å². The molecule has 0 saturated carbocycles. The highest BCUT2D eigenvalue weighted by Crippen LogP contribution is 2.21. The molecule has 0 aromatic carbocycles. The van der Waals surface area contributed by atoms with Gasteiger partial charge in [0.05, 0.1) is 11.6 Å². The highest BCUT2D eigenvalue weighted by Gasteiger charge is 2.22. The van der Waals surface area contributed by atoms with E-state index in [9.17, 15) is 5.11 Å². The van der Waals surface area contributed by atoms with Gasteiger partial charge in [-0.15, -0.1) is 11.3 Å². The zero-order chi connectivity index (χ0) is 10.6. The summed E-state index contributed by atoms with van der Waals surface area (Å²) in [5, 5.41) is 15.8. The first-order valence-corrected chi connectivity index (χ1v) is 5.77. The summed E-state index contributed by atoms with van der Waals surface area (Å²) in [6.07, 6.45) is 2.31. The summed E-state index contributed by atoms with van der Waals surface area (Å²) >= 11 is 1.63. The number of thiazole rings is 1. The number of hydrogen-bond acceptors (Lipinski definition) is 4. The van der Waals surface area contributed by atoms with Gasteiger partial charge in [0.2, 0.25) is 0 Å². The van der Waals surface area contributed by atoms with Crippen LogP contribution in [0.3, 0.4) is 0 Å². The first-order valence-electron chi connectivity index (χ1n) is 4.89. The lowest BCUT2D eigenvalue weighted by molar-refractivity contribution is 0.154. The molecule has 0 saturated heterocycles. The maximum Gasteiger partial charge on any atom is 0.112 e. The fourth-order valence-corrected chi connectivity index (χ4v) is 1.86. The predicted octanol–water partition coefficient (Wildman–Crippen LogP) is 1.74. The molecule has 2 N–H and O–H groups in total. The van der Waals surface area contributed by atoms with Gasteiger partial charge in [-0.25, -0.2) is 4.98 Å². The Morgan fingerprint density at radius 3 is 2.86 bits per heavy atom. The number of aliphatic hydroxyl groups excluding tert-OH is 1. The zero-order valence-corrected chi connectivity index (χ0v) is 9.77. The molecular formula is C10H18N2OS. The van der Waals surface area contributed by atoms with Crippen molar-refractivity contribution < 1.29 is 5.11 Å². The molecule has 0 radical (unpaired) electrons. The van der Waals surface area contributed by atoms with Crippen molar-refractivity contribution >= 4 is 11.3 Å². The van der Waals surface area contributed by atoms with Gasteiger partial charge in [0.1, 0.15) is 5.01 Å². The molecule has 1 aromatic rings. The fourth-order valence-electron chi connectivity index (χ4n) is 1.13. The third kappa shape index (κ3) is 3.04. The van der Waals surface area contributed by atoms with Crippen LogP contribution in [0.2, 0.25) is 0 Å². The summed E-state index contributed by atoms with van der Waals surface area (Å²) in [4.78, 5) is 4.27. The van der Waals surface area contributed by atoms with Gasteiger partial charge in [-0.05, 0) is 20.3 Å². The molecule has 0 spiro atoms. The van der Waals surface area contributed by atoms with E-state index in [1.807, 2.05) is 12.3 Å². The highest BCUT2D eigenvalue weighted by molar-refractivity contribution is 7.09. The van der Waals surface area contributed by atoms with Crippen LogP contribution in [0.1, 0.15) is 32.2 Å². The molecule has 0 aliphatic heterocycles. The minimum absolute atomic E-state index is 0.148. The summed E-state index contributed by atoms with van der Waals surface area (Å²) in [6, 6.07) is 0. The van der Waals surface area contributed by atoms with Gasteiger partial charge in [-0.3, -0.25) is 0 Å². The molecule has 0 aliphatic rings. The molecule has 0 aliphatic carbocycles. The van der Waals surface area contributed by atoms with Crippen molar-refractivity contribution in [3.63, 3.8) is 0 Å². The molecule has 14 heavy (non-hydrogen) atoms. The minimum atomic E-state index is -0.269. The Kier molecular flexibility index (Phi) is 4.04. The Balaban J connectivity index is 2.50. The molecule has 0 bridgehead atoms. The molecule has 80 valence electrons. The Morgan fingerprint density at radius 2 is 2.36 bits per heavy atom. The summed E-state index contributed by atoms with van der Waals surface area (Å²) in [5.74, 6) is 0. The summed E-state index contributed by atoms with van der Waals surface area (Å²) in [7, 11) is 0. The molecule has 4 heteroatoms. The van der Waals surface area contributed by atoms with Gasteiger partial charge < -0.3 is 10.4 Å². The van der Waals surface area contributed by atoms with Gasteiger partial charge in [0.15, 0.2) is 0 Å². The van der Waals surface area contributed by atoms with Crippen LogP contribution in [0.5, 0.6) is 0 Å². The van der Waals surface area contributed by atoms with Crippen molar-refractivity contribution in [3.05, 3.63) is 16.6 Å². The van der Waals surface area contributed by atoms with Crippen molar-refractivity contribution in [2.24, 2.45) is 0 Å². The molecule has 1 unspecified atom stereocenters. The Hall–Kier alpha value is -0.450. The molecule has 0 fully saturated rings. The van der Waals surface area contributed by atoms with Crippen LogP contribution in [-0.4, -0.2) is 22.7 Å². The van der Waals surface area contributed by atoms with Crippen LogP contribution < -0.4 is 5.32 Å². The molecule has 1 heterocycles. The molecule has 1 aromatic heterocycles. The minimum Gasteiger partial charge on any atom is -0.392 e. The lowest BCUT2D eigenvalue weighted by Gasteiger charge is -2.25. The van der Waals surface area contributed by atoms with Crippen molar-refractivity contribution in [1.82, 2.24) is 10.3 Å². The standard InChI is InChI=1S/C10H18N2OS/c1-4-8(13)7-12-10(2,3)9-11-5-6-14-9/h5-6,8,12-13H,4,7H2,1-3H3. The molecule has 1 atom stereocenters. The second-order valence-corrected chi connectivity index (χ2v) is 4.80. The number of aromatic nitrogens is 1. The van der Waals surface area contributed by atoms with E-state index in [2.05, 4.69) is 24.1 Å².